The van der Waals surface area contributed by atoms with Crippen LogP contribution in [0.15, 0.2) is 115 Å². The number of aromatic nitrogens is 2. The Morgan fingerprint density at radius 1 is 0.646 bits per heavy atom. The lowest BCUT2D eigenvalue weighted by atomic mass is 9.97. The quantitative estimate of drug-likeness (QED) is 0.179. The van der Waals surface area contributed by atoms with Gasteiger partial charge in [0.05, 0.1) is 45.6 Å². The summed E-state index contributed by atoms with van der Waals surface area (Å²) in [5.41, 5.74) is 6.79. The first-order chi connectivity index (χ1) is 23.2. The molecule has 0 unspecified atom stereocenters. The molecule has 48 heavy (non-hydrogen) atoms. The Bertz CT molecular complexity index is 2710. The van der Waals surface area contributed by atoms with Crippen molar-refractivity contribution in [3.63, 3.8) is 0 Å². The number of alkyl halides is 3. The summed E-state index contributed by atoms with van der Waals surface area (Å²) < 4.78 is 46.4. The van der Waals surface area contributed by atoms with Crippen LogP contribution in [0.1, 0.15) is 22.3 Å². The summed E-state index contributed by atoms with van der Waals surface area (Å²) in [6, 6.07) is 37.6. The minimum atomic E-state index is -4.65. The third-order valence-corrected chi connectivity index (χ3v) is 9.18. The van der Waals surface area contributed by atoms with Crippen molar-refractivity contribution in [2.24, 2.45) is 0 Å². The van der Waals surface area contributed by atoms with E-state index in [9.17, 15) is 18.4 Å². The highest BCUT2D eigenvalue weighted by Gasteiger charge is 2.32. The average Bonchev–Trinajstić information content (AvgIpc) is 3.62. The zero-order valence-corrected chi connectivity index (χ0v) is 25.9. The lowest BCUT2D eigenvalue weighted by Crippen LogP contribution is -2.08. The highest BCUT2D eigenvalue weighted by molar-refractivity contribution is 6.13. The van der Waals surface area contributed by atoms with Gasteiger partial charge < -0.3 is 9.13 Å². The number of hydrogen-bond acceptors (Lipinski definition) is 1. The first-order valence-electron chi connectivity index (χ1n) is 15.4. The van der Waals surface area contributed by atoms with Crippen LogP contribution in [0.3, 0.4) is 0 Å². The summed E-state index contributed by atoms with van der Waals surface area (Å²) >= 11 is 0. The Morgan fingerprint density at radius 3 is 1.77 bits per heavy atom. The molecule has 0 atom stereocenters. The standard InChI is InChI=1S/C41H25F3N4/c1-24-10-8-14-33-31-12-4-6-16-35(31)47(38(24)33)37-21-26(27-19-29(41(42,43)44)22-30(20-27)46-3)18-28(23-45)40(37)48-36-17-7-5-13-32(36)34-15-9-11-25(2)39(34)48/h4-22H,1-2H3. The van der Waals surface area contributed by atoms with Gasteiger partial charge in [-0.1, -0.05) is 72.8 Å². The first-order valence-corrected chi connectivity index (χ1v) is 15.4. The van der Waals surface area contributed by atoms with Gasteiger partial charge in [-0.25, -0.2) is 4.85 Å². The summed E-state index contributed by atoms with van der Waals surface area (Å²) in [5, 5.41) is 15.0. The summed E-state index contributed by atoms with van der Waals surface area (Å²) in [6.07, 6.45) is -4.65. The van der Waals surface area contributed by atoms with Crippen LogP contribution in [-0.4, -0.2) is 9.13 Å². The van der Waals surface area contributed by atoms with Crippen LogP contribution in [0.4, 0.5) is 18.9 Å². The molecule has 0 bridgehead atoms. The van der Waals surface area contributed by atoms with Crippen LogP contribution in [0, 0.1) is 31.8 Å². The Kier molecular flexibility index (Phi) is 6.44. The van der Waals surface area contributed by atoms with Crippen molar-refractivity contribution >= 4 is 49.3 Å². The van der Waals surface area contributed by atoms with Crippen molar-refractivity contribution in [2.45, 2.75) is 20.0 Å². The van der Waals surface area contributed by atoms with E-state index in [1.807, 2.05) is 80.6 Å². The molecule has 2 aromatic heterocycles. The second-order valence-corrected chi connectivity index (χ2v) is 12.0. The molecular formula is C41H25F3N4. The SMILES string of the molecule is [C-]#[N+]c1cc(-c2cc(C#N)c(-n3c4ccccc4c4cccc(C)c43)c(-n3c4ccccc4c4cccc(C)c43)c2)cc(C(F)(F)F)c1. The number of nitriles is 1. The Morgan fingerprint density at radius 2 is 1.19 bits per heavy atom. The number of benzene rings is 6. The highest BCUT2D eigenvalue weighted by Crippen LogP contribution is 2.43. The van der Waals surface area contributed by atoms with E-state index in [2.05, 4.69) is 44.3 Å². The lowest BCUT2D eigenvalue weighted by molar-refractivity contribution is -0.137. The molecule has 0 amide bonds. The maximum atomic E-state index is 14.1. The third kappa shape index (κ3) is 4.29. The minimum Gasteiger partial charge on any atom is -0.307 e. The van der Waals surface area contributed by atoms with Gasteiger partial charge in [0.25, 0.3) is 0 Å². The number of rotatable bonds is 3. The maximum Gasteiger partial charge on any atom is 0.415 e. The predicted octanol–water partition coefficient (Wildman–Crippen LogP) is 11.6. The van der Waals surface area contributed by atoms with Gasteiger partial charge >= 0.3 is 6.18 Å². The smallest absolute Gasteiger partial charge is 0.307 e. The van der Waals surface area contributed by atoms with E-state index in [1.54, 1.807) is 6.07 Å². The molecule has 8 rings (SSSR count). The van der Waals surface area contributed by atoms with Crippen LogP contribution in [0.5, 0.6) is 0 Å². The second kappa shape index (κ2) is 10.6. The topological polar surface area (TPSA) is 38.0 Å². The van der Waals surface area contributed by atoms with E-state index in [-0.39, 0.29) is 16.8 Å². The summed E-state index contributed by atoms with van der Waals surface area (Å²) in [6.45, 7) is 11.6. The summed E-state index contributed by atoms with van der Waals surface area (Å²) in [5.74, 6) is 0. The average molecular weight is 631 g/mol. The fourth-order valence-corrected chi connectivity index (χ4v) is 7.14. The number of aryl methyl sites for hydroxylation is 2. The van der Waals surface area contributed by atoms with Crippen molar-refractivity contribution < 1.29 is 13.2 Å². The molecule has 4 nitrogen and oxygen atoms in total. The maximum absolute atomic E-state index is 14.1. The van der Waals surface area contributed by atoms with Crippen molar-refractivity contribution in [3.05, 3.63) is 149 Å². The molecule has 0 saturated carbocycles. The van der Waals surface area contributed by atoms with Crippen LogP contribution in [0.25, 0.3) is 71.0 Å². The fraction of sp³-hybridized carbons (Fsp3) is 0.0732. The molecule has 8 aromatic rings. The van der Waals surface area contributed by atoms with Gasteiger partial charge in [-0.15, -0.1) is 0 Å². The van der Waals surface area contributed by atoms with E-state index in [0.717, 1.165) is 66.9 Å². The molecule has 0 fully saturated rings. The van der Waals surface area contributed by atoms with E-state index in [4.69, 9.17) is 6.57 Å². The van der Waals surface area contributed by atoms with Gasteiger partial charge in [0.2, 0.25) is 0 Å². The predicted molar refractivity (Wildman–Crippen MR) is 186 cm³/mol. The number of halogens is 3. The van der Waals surface area contributed by atoms with Gasteiger partial charge in [-0.05, 0) is 78.6 Å². The summed E-state index contributed by atoms with van der Waals surface area (Å²) in [7, 11) is 0. The zero-order chi connectivity index (χ0) is 33.3. The van der Waals surface area contributed by atoms with Gasteiger partial charge in [0.15, 0.2) is 5.69 Å². The fourth-order valence-electron chi connectivity index (χ4n) is 7.14. The lowest BCUT2D eigenvalue weighted by Gasteiger charge is -2.21. The van der Waals surface area contributed by atoms with Crippen molar-refractivity contribution in [1.29, 1.82) is 5.26 Å². The summed E-state index contributed by atoms with van der Waals surface area (Å²) in [4.78, 5) is 3.35. The van der Waals surface area contributed by atoms with E-state index in [0.29, 0.717) is 16.9 Å². The van der Waals surface area contributed by atoms with Crippen LogP contribution >= 0.6 is 0 Å². The molecule has 7 heteroatoms. The molecule has 0 spiro atoms. The molecule has 230 valence electrons. The van der Waals surface area contributed by atoms with Crippen LogP contribution in [0.2, 0.25) is 0 Å². The van der Waals surface area contributed by atoms with E-state index >= 15 is 0 Å². The van der Waals surface area contributed by atoms with E-state index < -0.39 is 11.7 Å². The normalized spacial score (nSPS) is 11.8. The van der Waals surface area contributed by atoms with Gasteiger partial charge in [-0.3, -0.25) is 0 Å². The largest absolute Gasteiger partial charge is 0.415 e. The van der Waals surface area contributed by atoms with Crippen molar-refractivity contribution in [2.75, 3.05) is 0 Å². The highest BCUT2D eigenvalue weighted by atomic mass is 19.4. The number of nitrogens with zero attached hydrogens (tertiary/aromatic N) is 4. The Hall–Kier alpha value is -6.31. The van der Waals surface area contributed by atoms with Gasteiger partial charge in [0.1, 0.15) is 6.07 Å². The Labute approximate surface area is 273 Å². The molecule has 0 aliphatic rings. The van der Waals surface area contributed by atoms with E-state index in [1.165, 1.54) is 6.07 Å². The molecule has 0 aliphatic heterocycles. The van der Waals surface area contributed by atoms with Crippen LogP contribution < -0.4 is 0 Å². The molecular weight excluding hydrogens is 605 g/mol. The molecule has 0 N–H and O–H groups in total. The third-order valence-electron chi connectivity index (χ3n) is 9.18. The molecule has 6 aromatic carbocycles. The van der Waals surface area contributed by atoms with Crippen molar-refractivity contribution in [3.8, 4) is 28.6 Å². The van der Waals surface area contributed by atoms with Crippen molar-refractivity contribution in [1.82, 2.24) is 9.13 Å². The number of hydrogen-bond donors (Lipinski definition) is 0. The Balaban J connectivity index is 1.60. The molecule has 0 radical (unpaired) electrons. The van der Waals surface area contributed by atoms with Gasteiger partial charge in [-0.2, -0.15) is 18.4 Å². The second-order valence-electron chi connectivity index (χ2n) is 12.0. The zero-order valence-electron chi connectivity index (χ0n) is 25.9. The number of fused-ring (bicyclic) bond motifs is 6. The number of para-hydroxylation sites is 4. The first kappa shape index (κ1) is 29.1. The minimum absolute atomic E-state index is 0.130. The molecule has 0 aliphatic carbocycles. The monoisotopic (exact) mass is 630 g/mol. The molecule has 2 heterocycles. The van der Waals surface area contributed by atoms with Crippen LogP contribution in [-0.2, 0) is 6.18 Å². The molecule has 0 saturated heterocycles. The van der Waals surface area contributed by atoms with Gasteiger partial charge in [0, 0.05) is 27.1 Å².